The number of halogens is 1. The van der Waals surface area contributed by atoms with Crippen molar-refractivity contribution in [3.8, 4) is 0 Å². The van der Waals surface area contributed by atoms with Gasteiger partial charge in [0.2, 0.25) is 0 Å². The Labute approximate surface area is 122 Å². The molecule has 0 radical (unpaired) electrons. The first-order valence-electron chi connectivity index (χ1n) is 6.39. The van der Waals surface area contributed by atoms with Gasteiger partial charge in [0.05, 0.1) is 0 Å². The van der Waals surface area contributed by atoms with Crippen molar-refractivity contribution >= 4 is 32.5 Å². The highest BCUT2D eigenvalue weighted by Crippen LogP contribution is 2.30. The number of benzene rings is 1. The second kappa shape index (κ2) is 5.47. The summed E-state index contributed by atoms with van der Waals surface area (Å²) >= 11 is 3.59. The van der Waals surface area contributed by atoms with Gasteiger partial charge in [-0.3, -0.25) is 0 Å². The number of aromatic nitrogens is 1. The van der Waals surface area contributed by atoms with Crippen LogP contribution in [0.3, 0.4) is 0 Å². The molecule has 0 saturated carbocycles. The Morgan fingerprint density at radius 3 is 2.68 bits per heavy atom. The molecule has 1 aromatic heterocycles. The average Bonchev–Trinajstić information content (AvgIpc) is 2.38. The number of nitrogens with zero attached hydrogens (tertiary/aromatic N) is 2. The first-order valence-corrected chi connectivity index (χ1v) is 7.18. The van der Waals surface area contributed by atoms with Crippen LogP contribution in [0.1, 0.15) is 13.8 Å². The van der Waals surface area contributed by atoms with Gasteiger partial charge in [-0.2, -0.15) is 0 Å². The second-order valence-corrected chi connectivity index (χ2v) is 6.55. The maximum Gasteiger partial charge on any atom is 0.136 e. The molecule has 0 saturated heterocycles. The smallest absolute Gasteiger partial charge is 0.136 e. The van der Waals surface area contributed by atoms with Crippen LogP contribution in [-0.2, 0) is 0 Å². The fourth-order valence-corrected chi connectivity index (χ4v) is 2.74. The van der Waals surface area contributed by atoms with Crippen molar-refractivity contribution in [2.75, 3.05) is 25.0 Å². The number of pyridine rings is 1. The summed E-state index contributed by atoms with van der Waals surface area (Å²) in [5.41, 5.74) is 5.89. The van der Waals surface area contributed by atoms with Gasteiger partial charge in [0.25, 0.3) is 0 Å². The Kier molecular flexibility index (Phi) is 4.11. The first kappa shape index (κ1) is 14.3. The summed E-state index contributed by atoms with van der Waals surface area (Å²) in [7, 11) is 2.07. The predicted molar refractivity (Wildman–Crippen MR) is 85.5 cm³/mol. The molecule has 2 aromatic rings. The predicted octanol–water partition coefficient (Wildman–Crippen LogP) is 3.42. The SMILES string of the molecule is CN(CC(C)(C)CN)c1nccc2c(Br)cccc12. The van der Waals surface area contributed by atoms with E-state index in [-0.39, 0.29) is 5.41 Å². The Morgan fingerprint density at radius 2 is 2.00 bits per heavy atom. The molecule has 2 rings (SSSR count). The van der Waals surface area contributed by atoms with Crippen LogP contribution < -0.4 is 10.6 Å². The summed E-state index contributed by atoms with van der Waals surface area (Å²) in [5, 5.41) is 2.34. The van der Waals surface area contributed by atoms with Crippen LogP contribution in [0.25, 0.3) is 10.8 Å². The fraction of sp³-hybridized carbons (Fsp3) is 0.400. The van der Waals surface area contributed by atoms with Gasteiger partial charge >= 0.3 is 0 Å². The van der Waals surface area contributed by atoms with Crippen molar-refractivity contribution in [3.63, 3.8) is 0 Å². The van der Waals surface area contributed by atoms with Gasteiger partial charge in [-0.1, -0.05) is 41.9 Å². The summed E-state index contributed by atoms with van der Waals surface area (Å²) in [6.45, 7) is 5.88. The summed E-state index contributed by atoms with van der Waals surface area (Å²) in [4.78, 5) is 6.71. The van der Waals surface area contributed by atoms with Crippen LogP contribution in [0.4, 0.5) is 5.82 Å². The molecule has 2 N–H and O–H groups in total. The van der Waals surface area contributed by atoms with Crippen LogP contribution in [-0.4, -0.2) is 25.1 Å². The van der Waals surface area contributed by atoms with E-state index in [1.807, 2.05) is 18.3 Å². The summed E-state index contributed by atoms with van der Waals surface area (Å²) in [6.07, 6.45) is 1.86. The zero-order chi connectivity index (χ0) is 14.0. The molecule has 0 spiro atoms. The number of hydrogen-bond donors (Lipinski definition) is 1. The van der Waals surface area contributed by atoms with E-state index in [4.69, 9.17) is 5.73 Å². The minimum absolute atomic E-state index is 0.0740. The number of fused-ring (bicyclic) bond motifs is 1. The number of nitrogens with two attached hydrogens (primary N) is 1. The molecule has 0 aliphatic rings. The lowest BCUT2D eigenvalue weighted by Crippen LogP contribution is -2.37. The van der Waals surface area contributed by atoms with Gasteiger partial charge in [0, 0.05) is 35.0 Å². The van der Waals surface area contributed by atoms with E-state index in [9.17, 15) is 0 Å². The molecule has 102 valence electrons. The molecule has 0 aliphatic carbocycles. The molecule has 0 atom stereocenters. The van der Waals surface area contributed by atoms with E-state index in [0.717, 1.165) is 22.2 Å². The van der Waals surface area contributed by atoms with Crippen LogP contribution in [0.2, 0.25) is 0 Å². The van der Waals surface area contributed by atoms with Crippen LogP contribution >= 0.6 is 15.9 Å². The van der Waals surface area contributed by atoms with E-state index >= 15 is 0 Å². The van der Waals surface area contributed by atoms with Crippen LogP contribution in [0.15, 0.2) is 34.9 Å². The zero-order valence-corrected chi connectivity index (χ0v) is 13.2. The van der Waals surface area contributed by atoms with Crippen molar-refractivity contribution in [3.05, 3.63) is 34.9 Å². The molecule has 19 heavy (non-hydrogen) atoms. The van der Waals surface area contributed by atoms with Gasteiger partial charge in [-0.25, -0.2) is 4.98 Å². The third-order valence-corrected chi connectivity index (χ3v) is 4.00. The van der Waals surface area contributed by atoms with Crippen molar-refractivity contribution in [2.24, 2.45) is 11.1 Å². The lowest BCUT2D eigenvalue weighted by molar-refractivity contribution is 0.384. The molecule has 1 heterocycles. The molecular formula is C15H20BrN3. The maximum atomic E-state index is 5.81. The molecule has 4 heteroatoms. The molecule has 1 aromatic carbocycles. The van der Waals surface area contributed by atoms with Crippen LogP contribution in [0.5, 0.6) is 0 Å². The van der Waals surface area contributed by atoms with Gasteiger partial charge in [-0.15, -0.1) is 0 Å². The van der Waals surface area contributed by atoms with E-state index in [1.165, 1.54) is 5.39 Å². The molecule has 0 unspecified atom stereocenters. The van der Waals surface area contributed by atoms with Gasteiger partial charge < -0.3 is 10.6 Å². The van der Waals surface area contributed by atoms with E-state index < -0.39 is 0 Å². The topological polar surface area (TPSA) is 42.1 Å². The number of hydrogen-bond acceptors (Lipinski definition) is 3. The molecule has 0 amide bonds. The molecular weight excluding hydrogens is 302 g/mol. The summed E-state index contributed by atoms with van der Waals surface area (Å²) in [6, 6.07) is 8.23. The van der Waals surface area contributed by atoms with Crippen LogP contribution in [0, 0.1) is 5.41 Å². The lowest BCUT2D eigenvalue weighted by atomic mass is 9.93. The highest BCUT2D eigenvalue weighted by molar-refractivity contribution is 9.10. The first-order chi connectivity index (χ1) is 8.94. The second-order valence-electron chi connectivity index (χ2n) is 5.69. The van der Waals surface area contributed by atoms with Gasteiger partial charge in [-0.05, 0) is 24.1 Å². The lowest BCUT2D eigenvalue weighted by Gasteiger charge is -2.30. The number of rotatable bonds is 4. The van der Waals surface area contributed by atoms with E-state index in [0.29, 0.717) is 6.54 Å². The van der Waals surface area contributed by atoms with Gasteiger partial charge in [0.15, 0.2) is 0 Å². The molecule has 0 aliphatic heterocycles. The molecule has 0 fully saturated rings. The molecule has 0 bridgehead atoms. The van der Waals surface area contributed by atoms with Crippen molar-refractivity contribution in [1.29, 1.82) is 0 Å². The van der Waals surface area contributed by atoms with Crippen molar-refractivity contribution < 1.29 is 0 Å². The maximum absolute atomic E-state index is 5.81. The van der Waals surface area contributed by atoms with Gasteiger partial charge in [0.1, 0.15) is 5.82 Å². The monoisotopic (exact) mass is 321 g/mol. The zero-order valence-electron chi connectivity index (χ0n) is 11.7. The Morgan fingerprint density at radius 1 is 1.26 bits per heavy atom. The minimum Gasteiger partial charge on any atom is -0.359 e. The Balaban J connectivity index is 2.43. The highest BCUT2D eigenvalue weighted by atomic mass is 79.9. The Hall–Kier alpha value is -1.13. The highest BCUT2D eigenvalue weighted by Gasteiger charge is 2.20. The summed E-state index contributed by atoms with van der Waals surface area (Å²) in [5.74, 6) is 1.00. The fourth-order valence-electron chi connectivity index (χ4n) is 2.24. The van der Waals surface area contributed by atoms with E-state index in [2.05, 4.69) is 58.8 Å². The normalized spacial score (nSPS) is 11.8. The van der Waals surface area contributed by atoms with Crippen molar-refractivity contribution in [1.82, 2.24) is 4.98 Å². The quantitative estimate of drug-likeness (QED) is 0.938. The summed E-state index contributed by atoms with van der Waals surface area (Å²) < 4.78 is 1.10. The number of anilines is 1. The average molecular weight is 322 g/mol. The Bertz CT molecular complexity index is 581. The third kappa shape index (κ3) is 3.07. The largest absolute Gasteiger partial charge is 0.359 e. The standard InChI is InChI=1S/C15H20BrN3/c1-15(2,9-17)10-19(3)14-12-5-4-6-13(16)11(12)7-8-18-14/h4-8H,9-10,17H2,1-3H3. The van der Waals surface area contributed by atoms with Crippen molar-refractivity contribution in [2.45, 2.75) is 13.8 Å². The van der Waals surface area contributed by atoms with E-state index in [1.54, 1.807) is 0 Å². The molecule has 3 nitrogen and oxygen atoms in total. The third-order valence-electron chi connectivity index (χ3n) is 3.31. The minimum atomic E-state index is 0.0740.